The van der Waals surface area contributed by atoms with Crippen molar-refractivity contribution in [2.24, 2.45) is 0 Å². The second kappa shape index (κ2) is 8.35. The fraction of sp³-hybridized carbons (Fsp3) is 0.364. The second-order valence-corrected chi connectivity index (χ2v) is 7.39. The van der Waals surface area contributed by atoms with Crippen molar-refractivity contribution in [3.8, 4) is 34.4 Å². The molecule has 1 fully saturated rings. The third-order valence-corrected chi connectivity index (χ3v) is 5.55. The molecular formula is C22H24N4O5. The number of hydrogen-bond acceptors (Lipinski definition) is 9. The lowest BCUT2D eigenvalue weighted by atomic mass is 10.1. The number of ether oxygens (including phenoxy) is 4. The molecule has 2 aliphatic rings. The van der Waals surface area contributed by atoms with Gasteiger partial charge in [0.2, 0.25) is 12.6 Å². The lowest BCUT2D eigenvalue weighted by Crippen LogP contribution is -2.46. The number of piperazine rings is 1. The van der Waals surface area contributed by atoms with Crippen LogP contribution in [0.1, 0.15) is 5.56 Å². The molecule has 2 aromatic carbocycles. The minimum atomic E-state index is 0.297. The minimum Gasteiger partial charge on any atom is -0.493 e. The Balaban J connectivity index is 1.23. The molecule has 162 valence electrons. The lowest BCUT2D eigenvalue weighted by molar-refractivity contribution is 0.174. The van der Waals surface area contributed by atoms with Gasteiger partial charge in [-0.25, -0.2) is 0 Å². The Bertz CT molecular complexity index is 1060. The number of anilines is 1. The summed E-state index contributed by atoms with van der Waals surface area (Å²) >= 11 is 0. The molecule has 31 heavy (non-hydrogen) atoms. The van der Waals surface area contributed by atoms with Crippen molar-refractivity contribution in [2.75, 3.05) is 52.1 Å². The van der Waals surface area contributed by atoms with Gasteiger partial charge in [-0.05, 0) is 29.8 Å². The molecule has 9 heteroatoms. The van der Waals surface area contributed by atoms with E-state index in [2.05, 4.69) is 32.1 Å². The largest absolute Gasteiger partial charge is 0.493 e. The van der Waals surface area contributed by atoms with E-state index in [1.54, 1.807) is 14.2 Å². The summed E-state index contributed by atoms with van der Waals surface area (Å²) < 4.78 is 27.3. The quantitative estimate of drug-likeness (QED) is 0.593. The number of hydrogen-bond donors (Lipinski definition) is 0. The number of para-hydroxylation sites is 1. The highest BCUT2D eigenvalue weighted by molar-refractivity contribution is 5.69. The van der Waals surface area contributed by atoms with Gasteiger partial charge in [-0.15, -0.1) is 0 Å². The summed E-state index contributed by atoms with van der Waals surface area (Å²) in [6.07, 6.45) is 0. The zero-order valence-corrected chi connectivity index (χ0v) is 17.5. The second-order valence-electron chi connectivity index (χ2n) is 7.39. The molecule has 0 N–H and O–H groups in total. The SMILES string of the molecule is COc1cccc(-c2noc(N3CCN(Cc4ccc5c(c4)OCO5)CC3)n2)c1OC. The summed E-state index contributed by atoms with van der Waals surface area (Å²) in [5, 5.41) is 4.16. The van der Waals surface area contributed by atoms with Gasteiger partial charge in [0.15, 0.2) is 23.0 Å². The maximum absolute atomic E-state index is 5.55. The van der Waals surface area contributed by atoms with Crippen molar-refractivity contribution in [2.45, 2.75) is 6.54 Å². The van der Waals surface area contributed by atoms with E-state index in [-0.39, 0.29) is 0 Å². The standard InChI is InChI=1S/C22H24N4O5/c1-27-18-5-3-4-16(20(18)28-2)21-23-22(31-24-21)26-10-8-25(9-11-26)13-15-6-7-17-19(12-15)30-14-29-17/h3-7,12H,8-11,13-14H2,1-2H3. The molecule has 3 heterocycles. The number of nitrogens with zero attached hydrogens (tertiary/aromatic N) is 4. The van der Waals surface area contributed by atoms with E-state index in [1.165, 1.54) is 5.56 Å². The fourth-order valence-electron chi connectivity index (χ4n) is 3.91. The van der Waals surface area contributed by atoms with Crippen LogP contribution >= 0.6 is 0 Å². The predicted octanol–water partition coefficient (Wildman–Crippen LogP) is 2.80. The van der Waals surface area contributed by atoms with Crippen LogP contribution < -0.4 is 23.8 Å². The number of rotatable bonds is 6. The lowest BCUT2D eigenvalue weighted by Gasteiger charge is -2.33. The van der Waals surface area contributed by atoms with Crippen LogP contribution in [0.3, 0.4) is 0 Å². The molecule has 0 amide bonds. The Hall–Kier alpha value is -3.46. The molecule has 0 unspecified atom stereocenters. The van der Waals surface area contributed by atoms with Gasteiger partial charge in [-0.2, -0.15) is 4.98 Å². The highest BCUT2D eigenvalue weighted by atomic mass is 16.7. The molecule has 0 saturated carbocycles. The van der Waals surface area contributed by atoms with Gasteiger partial charge < -0.3 is 28.4 Å². The maximum Gasteiger partial charge on any atom is 0.324 e. The van der Waals surface area contributed by atoms with Gasteiger partial charge in [-0.1, -0.05) is 17.3 Å². The average molecular weight is 424 g/mol. The van der Waals surface area contributed by atoms with Crippen LogP contribution in [0, 0.1) is 0 Å². The van der Waals surface area contributed by atoms with Gasteiger partial charge >= 0.3 is 6.01 Å². The molecule has 5 rings (SSSR count). The first-order valence-electron chi connectivity index (χ1n) is 10.2. The van der Waals surface area contributed by atoms with Crippen LogP contribution in [0.15, 0.2) is 40.9 Å². The Labute approximate surface area is 180 Å². The number of fused-ring (bicyclic) bond motifs is 1. The van der Waals surface area contributed by atoms with Crippen molar-refractivity contribution in [1.29, 1.82) is 0 Å². The molecule has 0 aliphatic carbocycles. The van der Waals surface area contributed by atoms with Crippen LogP contribution in [-0.4, -0.2) is 62.2 Å². The molecule has 1 saturated heterocycles. The Morgan fingerprint density at radius 2 is 1.81 bits per heavy atom. The molecule has 3 aromatic rings. The molecule has 0 atom stereocenters. The van der Waals surface area contributed by atoms with Gasteiger partial charge in [0.05, 0.1) is 19.8 Å². The van der Waals surface area contributed by atoms with Crippen LogP contribution in [0.4, 0.5) is 6.01 Å². The molecule has 9 nitrogen and oxygen atoms in total. The van der Waals surface area contributed by atoms with Gasteiger partial charge in [0.1, 0.15) is 0 Å². The van der Waals surface area contributed by atoms with Crippen molar-refractivity contribution < 1.29 is 23.5 Å². The summed E-state index contributed by atoms with van der Waals surface area (Å²) in [6.45, 7) is 4.57. The summed E-state index contributed by atoms with van der Waals surface area (Å²) in [7, 11) is 3.20. The molecule has 0 bridgehead atoms. The number of benzene rings is 2. The van der Waals surface area contributed by atoms with Crippen LogP contribution in [0.5, 0.6) is 23.0 Å². The fourth-order valence-corrected chi connectivity index (χ4v) is 3.91. The first-order chi connectivity index (χ1) is 15.2. The number of methoxy groups -OCH3 is 2. The molecule has 0 radical (unpaired) electrons. The van der Waals surface area contributed by atoms with Crippen LogP contribution in [-0.2, 0) is 6.54 Å². The normalized spacial score (nSPS) is 15.9. The van der Waals surface area contributed by atoms with Crippen molar-refractivity contribution in [3.05, 3.63) is 42.0 Å². The van der Waals surface area contributed by atoms with E-state index < -0.39 is 0 Å². The Morgan fingerprint density at radius 1 is 0.968 bits per heavy atom. The summed E-state index contributed by atoms with van der Waals surface area (Å²) in [5.41, 5.74) is 1.95. The molecule has 1 aromatic heterocycles. The predicted molar refractivity (Wildman–Crippen MR) is 113 cm³/mol. The zero-order valence-electron chi connectivity index (χ0n) is 17.5. The smallest absolute Gasteiger partial charge is 0.324 e. The highest BCUT2D eigenvalue weighted by Crippen LogP contribution is 2.37. The summed E-state index contributed by atoms with van der Waals surface area (Å²) in [6, 6.07) is 12.2. The van der Waals surface area contributed by atoms with E-state index in [4.69, 9.17) is 23.5 Å². The number of aromatic nitrogens is 2. The minimum absolute atomic E-state index is 0.297. The van der Waals surface area contributed by atoms with E-state index in [0.29, 0.717) is 30.1 Å². The van der Waals surface area contributed by atoms with Gasteiger partial charge in [-0.3, -0.25) is 4.90 Å². The summed E-state index contributed by atoms with van der Waals surface area (Å²) in [5.74, 6) is 3.33. The first kappa shape index (κ1) is 19.5. The topological polar surface area (TPSA) is 82.3 Å². The zero-order chi connectivity index (χ0) is 21.2. The van der Waals surface area contributed by atoms with Gasteiger partial charge in [0, 0.05) is 32.7 Å². The van der Waals surface area contributed by atoms with Crippen LogP contribution in [0.2, 0.25) is 0 Å². The third-order valence-electron chi connectivity index (χ3n) is 5.55. The van der Waals surface area contributed by atoms with Crippen molar-refractivity contribution >= 4 is 6.01 Å². The maximum atomic E-state index is 5.55. The molecule has 0 spiro atoms. The average Bonchev–Trinajstić information content (AvgIpc) is 3.48. The van der Waals surface area contributed by atoms with E-state index in [0.717, 1.165) is 49.8 Å². The third kappa shape index (κ3) is 3.84. The van der Waals surface area contributed by atoms with Crippen molar-refractivity contribution in [3.63, 3.8) is 0 Å². The monoisotopic (exact) mass is 424 g/mol. The summed E-state index contributed by atoms with van der Waals surface area (Å²) in [4.78, 5) is 9.11. The van der Waals surface area contributed by atoms with E-state index in [1.807, 2.05) is 24.3 Å². The van der Waals surface area contributed by atoms with E-state index >= 15 is 0 Å². The Kier molecular flexibility index (Phi) is 5.25. The molecular weight excluding hydrogens is 400 g/mol. The van der Waals surface area contributed by atoms with Gasteiger partial charge in [0.25, 0.3) is 0 Å². The van der Waals surface area contributed by atoms with E-state index in [9.17, 15) is 0 Å². The van der Waals surface area contributed by atoms with Crippen molar-refractivity contribution in [1.82, 2.24) is 15.0 Å². The Morgan fingerprint density at radius 3 is 2.61 bits per heavy atom. The first-order valence-corrected chi connectivity index (χ1v) is 10.2. The highest BCUT2D eigenvalue weighted by Gasteiger charge is 2.24. The van der Waals surface area contributed by atoms with Crippen LogP contribution in [0.25, 0.3) is 11.4 Å². The molecule has 2 aliphatic heterocycles.